The number of carbonyl (C=O) groups excluding carboxylic acids is 1. The van der Waals surface area contributed by atoms with Crippen LogP contribution in [-0.4, -0.2) is 54.8 Å². The number of aromatic nitrogens is 1. The maximum Gasteiger partial charge on any atom is 0.233 e. The third kappa shape index (κ3) is 4.34. The van der Waals surface area contributed by atoms with Crippen molar-refractivity contribution in [1.82, 2.24) is 9.88 Å². The Hall–Kier alpha value is -3.24. The third-order valence-corrected chi connectivity index (χ3v) is 6.17. The average Bonchev–Trinajstić information content (AvgIpc) is 2.82. The Balaban J connectivity index is 1.39. The van der Waals surface area contributed by atoms with E-state index in [1.165, 1.54) is 17.4 Å². The van der Waals surface area contributed by atoms with Gasteiger partial charge in [0.05, 0.1) is 23.9 Å². The minimum atomic E-state index is 0.0771. The Bertz CT molecular complexity index is 1090. The Labute approximate surface area is 180 Å². The summed E-state index contributed by atoms with van der Waals surface area (Å²) in [4.78, 5) is 21.5. The molecule has 1 fully saturated rings. The predicted octanol–water partition coefficient (Wildman–Crippen LogP) is 3.56. The molecular formula is C23H22N4O2S. The lowest BCUT2D eigenvalue weighted by Crippen LogP contribution is -2.49. The van der Waals surface area contributed by atoms with E-state index in [-0.39, 0.29) is 11.7 Å². The summed E-state index contributed by atoms with van der Waals surface area (Å²) in [7, 11) is 1.61. The summed E-state index contributed by atoms with van der Waals surface area (Å²) in [5, 5.41) is 11.0. The largest absolute Gasteiger partial charge is 0.497 e. The molecule has 7 heteroatoms. The molecule has 0 bridgehead atoms. The highest BCUT2D eigenvalue weighted by atomic mass is 32.2. The fraction of sp³-hybridized carbons (Fsp3) is 0.261. The van der Waals surface area contributed by atoms with Crippen LogP contribution in [0.4, 0.5) is 5.69 Å². The molecule has 0 aliphatic carbocycles. The number of fused-ring (bicyclic) bond motifs is 1. The number of rotatable bonds is 5. The molecule has 1 aromatic heterocycles. The molecule has 0 unspecified atom stereocenters. The van der Waals surface area contributed by atoms with Crippen molar-refractivity contribution >= 4 is 34.3 Å². The summed E-state index contributed by atoms with van der Waals surface area (Å²) < 4.78 is 5.24. The number of hydrogen-bond acceptors (Lipinski definition) is 6. The van der Waals surface area contributed by atoms with Crippen LogP contribution >= 0.6 is 11.8 Å². The van der Waals surface area contributed by atoms with E-state index in [9.17, 15) is 10.1 Å². The highest BCUT2D eigenvalue weighted by Crippen LogP contribution is 2.27. The van der Waals surface area contributed by atoms with Crippen LogP contribution in [0.3, 0.4) is 0 Å². The second-order valence-corrected chi connectivity index (χ2v) is 7.97. The Morgan fingerprint density at radius 1 is 1.13 bits per heavy atom. The van der Waals surface area contributed by atoms with E-state index in [0.29, 0.717) is 23.7 Å². The number of anilines is 1. The van der Waals surface area contributed by atoms with Crippen molar-refractivity contribution in [2.45, 2.75) is 5.03 Å². The van der Waals surface area contributed by atoms with Gasteiger partial charge in [-0.15, -0.1) is 0 Å². The Kier molecular flexibility index (Phi) is 6.05. The normalized spacial score (nSPS) is 13.9. The second kappa shape index (κ2) is 9.06. The van der Waals surface area contributed by atoms with Gasteiger partial charge in [-0.3, -0.25) is 4.79 Å². The van der Waals surface area contributed by atoms with Gasteiger partial charge in [-0.1, -0.05) is 30.0 Å². The minimum Gasteiger partial charge on any atom is -0.497 e. The van der Waals surface area contributed by atoms with Gasteiger partial charge in [0.25, 0.3) is 0 Å². The maximum atomic E-state index is 12.7. The van der Waals surface area contributed by atoms with E-state index in [2.05, 4.69) is 28.1 Å². The SMILES string of the molecule is COc1ccc2nc(SCC(=O)N3CCN(c4ccccc4)CC3)c(C#N)cc2c1. The first-order valence-corrected chi connectivity index (χ1v) is 10.8. The summed E-state index contributed by atoms with van der Waals surface area (Å²) in [6.45, 7) is 3.04. The molecule has 2 aromatic carbocycles. The smallest absolute Gasteiger partial charge is 0.233 e. The van der Waals surface area contributed by atoms with E-state index in [0.717, 1.165) is 29.7 Å². The summed E-state index contributed by atoms with van der Waals surface area (Å²) in [6.07, 6.45) is 0. The highest BCUT2D eigenvalue weighted by Gasteiger charge is 2.22. The summed E-state index contributed by atoms with van der Waals surface area (Å²) in [5.74, 6) is 1.07. The minimum absolute atomic E-state index is 0.0771. The quantitative estimate of drug-likeness (QED) is 0.590. The molecule has 2 heterocycles. The monoisotopic (exact) mass is 418 g/mol. The molecule has 1 aliphatic rings. The van der Waals surface area contributed by atoms with Gasteiger partial charge in [-0.2, -0.15) is 5.26 Å². The van der Waals surface area contributed by atoms with Crippen LogP contribution in [0.15, 0.2) is 59.6 Å². The Morgan fingerprint density at radius 2 is 1.90 bits per heavy atom. The first-order valence-electron chi connectivity index (χ1n) is 9.77. The van der Waals surface area contributed by atoms with Crippen molar-refractivity contribution in [2.24, 2.45) is 0 Å². The van der Waals surface area contributed by atoms with Gasteiger partial charge in [0.1, 0.15) is 16.8 Å². The molecule has 0 saturated carbocycles. The number of pyridine rings is 1. The van der Waals surface area contributed by atoms with Gasteiger partial charge in [-0.25, -0.2) is 4.98 Å². The highest BCUT2D eigenvalue weighted by molar-refractivity contribution is 8.00. The van der Waals surface area contributed by atoms with Crippen LogP contribution in [0.2, 0.25) is 0 Å². The van der Waals surface area contributed by atoms with Crippen LogP contribution < -0.4 is 9.64 Å². The van der Waals surface area contributed by atoms with Crippen LogP contribution in [0.25, 0.3) is 10.9 Å². The summed E-state index contributed by atoms with van der Waals surface area (Å²) in [6, 6.07) is 19.8. The first-order chi connectivity index (χ1) is 14.7. The fourth-order valence-corrected chi connectivity index (χ4v) is 4.39. The first kappa shape index (κ1) is 20.0. The van der Waals surface area contributed by atoms with Gasteiger partial charge in [-0.05, 0) is 36.4 Å². The molecular weight excluding hydrogens is 396 g/mol. The molecule has 152 valence electrons. The van der Waals surface area contributed by atoms with Crippen LogP contribution in [0.1, 0.15) is 5.56 Å². The molecule has 30 heavy (non-hydrogen) atoms. The molecule has 3 aromatic rings. The molecule has 0 spiro atoms. The number of nitriles is 1. The van der Waals surface area contributed by atoms with Crippen LogP contribution in [-0.2, 0) is 4.79 Å². The second-order valence-electron chi connectivity index (χ2n) is 7.00. The molecule has 0 N–H and O–H groups in total. The number of methoxy groups -OCH3 is 1. The number of thioether (sulfide) groups is 1. The van der Waals surface area contributed by atoms with Crippen molar-refractivity contribution in [3.63, 3.8) is 0 Å². The van der Waals surface area contributed by atoms with Gasteiger partial charge in [0, 0.05) is 37.3 Å². The van der Waals surface area contributed by atoms with Crippen molar-refractivity contribution in [1.29, 1.82) is 5.26 Å². The topological polar surface area (TPSA) is 69.5 Å². The molecule has 1 amide bonds. The van der Waals surface area contributed by atoms with E-state index < -0.39 is 0 Å². The standard InChI is InChI=1S/C23H22N4O2S/c1-29-20-7-8-21-17(14-20)13-18(15-24)23(25-21)30-16-22(28)27-11-9-26(10-12-27)19-5-3-2-4-6-19/h2-8,13-14H,9-12,16H2,1H3. The number of hydrogen-bond donors (Lipinski definition) is 0. The molecule has 0 atom stereocenters. The van der Waals surface area contributed by atoms with Crippen LogP contribution in [0.5, 0.6) is 5.75 Å². The zero-order chi connectivity index (χ0) is 20.9. The molecule has 6 nitrogen and oxygen atoms in total. The van der Waals surface area contributed by atoms with E-state index in [1.54, 1.807) is 13.2 Å². The number of ether oxygens (including phenoxy) is 1. The third-order valence-electron chi connectivity index (χ3n) is 5.19. The molecule has 1 aliphatic heterocycles. The molecule has 0 radical (unpaired) electrons. The lowest BCUT2D eigenvalue weighted by Gasteiger charge is -2.36. The number of carbonyl (C=O) groups is 1. The number of amides is 1. The lowest BCUT2D eigenvalue weighted by atomic mass is 10.1. The number of para-hydroxylation sites is 1. The van der Waals surface area contributed by atoms with Crippen molar-refractivity contribution in [2.75, 3.05) is 43.9 Å². The van der Waals surface area contributed by atoms with Gasteiger partial charge in [0.15, 0.2) is 0 Å². The number of piperazine rings is 1. The number of nitrogens with zero attached hydrogens (tertiary/aromatic N) is 4. The van der Waals surface area contributed by atoms with Gasteiger partial charge >= 0.3 is 0 Å². The van der Waals surface area contributed by atoms with E-state index >= 15 is 0 Å². The van der Waals surface area contributed by atoms with Crippen molar-refractivity contribution < 1.29 is 9.53 Å². The van der Waals surface area contributed by atoms with Crippen LogP contribution in [0, 0.1) is 11.3 Å². The van der Waals surface area contributed by atoms with Crippen molar-refractivity contribution in [3.05, 3.63) is 60.2 Å². The fourth-order valence-electron chi connectivity index (χ4n) is 3.53. The Morgan fingerprint density at radius 3 is 2.60 bits per heavy atom. The van der Waals surface area contributed by atoms with E-state index in [1.807, 2.05) is 41.3 Å². The van der Waals surface area contributed by atoms with Gasteiger partial charge in [0.2, 0.25) is 5.91 Å². The molecule has 4 rings (SSSR count). The summed E-state index contributed by atoms with van der Waals surface area (Å²) in [5.41, 5.74) is 2.44. The zero-order valence-corrected chi connectivity index (χ0v) is 17.6. The lowest BCUT2D eigenvalue weighted by molar-refractivity contribution is -0.128. The number of benzene rings is 2. The zero-order valence-electron chi connectivity index (χ0n) is 16.7. The molecule has 1 saturated heterocycles. The van der Waals surface area contributed by atoms with Gasteiger partial charge < -0.3 is 14.5 Å². The van der Waals surface area contributed by atoms with Crippen molar-refractivity contribution in [3.8, 4) is 11.8 Å². The summed E-state index contributed by atoms with van der Waals surface area (Å²) >= 11 is 1.33. The van der Waals surface area contributed by atoms with E-state index in [4.69, 9.17) is 4.74 Å². The average molecular weight is 419 g/mol. The predicted molar refractivity (Wildman–Crippen MR) is 119 cm³/mol. The maximum absolute atomic E-state index is 12.7.